The van der Waals surface area contributed by atoms with E-state index in [2.05, 4.69) is 34.1 Å². The Morgan fingerprint density at radius 1 is 1.04 bits per heavy atom. The highest BCUT2D eigenvalue weighted by atomic mass is 16.6. The number of nitro groups is 1. The van der Waals surface area contributed by atoms with Crippen molar-refractivity contribution in [2.45, 2.75) is 13.5 Å². The predicted octanol–water partition coefficient (Wildman–Crippen LogP) is 3.23. The number of aryl methyl sites for hydroxylation is 1. The standard InChI is InChI=1S/C18H21N3O2/c1-15-13-17(7-8-18(15)21(22)23)20-11-9-19(10-12-20)14-16-5-3-2-4-6-16/h2-8,13H,9-12,14H2,1H3. The molecule has 0 atom stereocenters. The first-order chi connectivity index (χ1) is 11.1. The molecule has 2 aromatic carbocycles. The zero-order chi connectivity index (χ0) is 16.2. The Labute approximate surface area is 136 Å². The van der Waals surface area contributed by atoms with Crippen molar-refractivity contribution in [3.8, 4) is 0 Å². The number of nitrogens with zero attached hydrogens (tertiary/aromatic N) is 3. The Bertz CT molecular complexity index is 680. The summed E-state index contributed by atoms with van der Waals surface area (Å²) in [7, 11) is 0. The Kier molecular flexibility index (Phi) is 4.57. The summed E-state index contributed by atoms with van der Waals surface area (Å²) in [6.45, 7) is 6.69. The first-order valence-corrected chi connectivity index (χ1v) is 7.90. The molecule has 0 amide bonds. The average Bonchev–Trinajstić information content (AvgIpc) is 2.56. The number of hydrogen-bond donors (Lipinski definition) is 0. The molecular formula is C18H21N3O2. The van der Waals surface area contributed by atoms with Gasteiger partial charge in [-0.1, -0.05) is 30.3 Å². The van der Waals surface area contributed by atoms with Crippen LogP contribution >= 0.6 is 0 Å². The van der Waals surface area contributed by atoms with E-state index in [4.69, 9.17) is 0 Å². The van der Waals surface area contributed by atoms with Crippen LogP contribution in [0.15, 0.2) is 48.5 Å². The first-order valence-electron chi connectivity index (χ1n) is 7.90. The van der Waals surface area contributed by atoms with E-state index >= 15 is 0 Å². The molecule has 0 spiro atoms. The fourth-order valence-corrected chi connectivity index (χ4v) is 3.05. The van der Waals surface area contributed by atoms with E-state index in [1.807, 2.05) is 18.2 Å². The second-order valence-electron chi connectivity index (χ2n) is 5.98. The van der Waals surface area contributed by atoms with E-state index < -0.39 is 0 Å². The van der Waals surface area contributed by atoms with Gasteiger partial charge < -0.3 is 4.90 Å². The minimum atomic E-state index is -0.323. The van der Waals surface area contributed by atoms with Gasteiger partial charge in [-0.3, -0.25) is 15.0 Å². The van der Waals surface area contributed by atoms with Gasteiger partial charge in [0.25, 0.3) is 5.69 Å². The minimum absolute atomic E-state index is 0.191. The lowest BCUT2D eigenvalue weighted by Crippen LogP contribution is -2.46. The molecule has 0 saturated carbocycles. The molecule has 0 aromatic heterocycles. The summed E-state index contributed by atoms with van der Waals surface area (Å²) in [5, 5.41) is 10.9. The van der Waals surface area contributed by atoms with E-state index in [-0.39, 0.29) is 10.6 Å². The van der Waals surface area contributed by atoms with Crippen LogP contribution in [0.1, 0.15) is 11.1 Å². The third-order valence-corrected chi connectivity index (χ3v) is 4.36. The van der Waals surface area contributed by atoms with Gasteiger partial charge in [0.2, 0.25) is 0 Å². The van der Waals surface area contributed by atoms with Gasteiger partial charge in [0.1, 0.15) is 0 Å². The molecule has 23 heavy (non-hydrogen) atoms. The first kappa shape index (κ1) is 15.5. The lowest BCUT2D eigenvalue weighted by Gasteiger charge is -2.36. The van der Waals surface area contributed by atoms with Crippen molar-refractivity contribution in [1.82, 2.24) is 4.90 Å². The van der Waals surface area contributed by atoms with Gasteiger partial charge in [0.05, 0.1) is 4.92 Å². The quantitative estimate of drug-likeness (QED) is 0.642. The zero-order valence-corrected chi connectivity index (χ0v) is 13.3. The van der Waals surface area contributed by atoms with Crippen molar-refractivity contribution in [3.05, 3.63) is 69.8 Å². The Balaban J connectivity index is 1.60. The molecule has 1 aliphatic rings. The third-order valence-electron chi connectivity index (χ3n) is 4.36. The number of benzene rings is 2. The van der Waals surface area contributed by atoms with Crippen LogP contribution < -0.4 is 4.90 Å². The third kappa shape index (κ3) is 3.68. The summed E-state index contributed by atoms with van der Waals surface area (Å²) in [4.78, 5) is 15.3. The van der Waals surface area contributed by atoms with Crippen LogP contribution in [-0.2, 0) is 6.54 Å². The van der Waals surface area contributed by atoms with Crippen molar-refractivity contribution < 1.29 is 4.92 Å². The summed E-state index contributed by atoms with van der Waals surface area (Å²) >= 11 is 0. The molecule has 1 saturated heterocycles. The van der Waals surface area contributed by atoms with Crippen LogP contribution in [0.25, 0.3) is 0 Å². The van der Waals surface area contributed by atoms with E-state index in [0.29, 0.717) is 0 Å². The van der Waals surface area contributed by atoms with E-state index in [0.717, 1.165) is 44.0 Å². The fourth-order valence-electron chi connectivity index (χ4n) is 3.05. The molecule has 120 valence electrons. The molecule has 5 nitrogen and oxygen atoms in total. The summed E-state index contributed by atoms with van der Waals surface area (Å²) in [5.41, 5.74) is 3.33. The van der Waals surface area contributed by atoms with Crippen LogP contribution in [0.4, 0.5) is 11.4 Å². The smallest absolute Gasteiger partial charge is 0.272 e. The number of piperazine rings is 1. The van der Waals surface area contributed by atoms with Gasteiger partial charge in [0.15, 0.2) is 0 Å². The maximum absolute atomic E-state index is 10.9. The lowest BCUT2D eigenvalue weighted by atomic mass is 10.1. The zero-order valence-electron chi connectivity index (χ0n) is 13.3. The topological polar surface area (TPSA) is 49.6 Å². The summed E-state index contributed by atoms with van der Waals surface area (Å²) in [6, 6.07) is 15.9. The molecule has 3 rings (SSSR count). The van der Waals surface area contributed by atoms with Crippen LogP contribution in [0.2, 0.25) is 0 Å². The number of anilines is 1. The second-order valence-corrected chi connectivity index (χ2v) is 5.98. The van der Waals surface area contributed by atoms with Gasteiger partial charge in [0, 0.05) is 50.0 Å². The minimum Gasteiger partial charge on any atom is -0.369 e. The predicted molar refractivity (Wildman–Crippen MR) is 91.8 cm³/mol. The van der Waals surface area contributed by atoms with Gasteiger partial charge >= 0.3 is 0 Å². The van der Waals surface area contributed by atoms with Crippen LogP contribution in [0, 0.1) is 17.0 Å². The summed E-state index contributed by atoms with van der Waals surface area (Å²) in [6.07, 6.45) is 0. The molecular weight excluding hydrogens is 290 g/mol. The summed E-state index contributed by atoms with van der Waals surface area (Å²) in [5.74, 6) is 0. The fraction of sp³-hybridized carbons (Fsp3) is 0.333. The average molecular weight is 311 g/mol. The van der Waals surface area contributed by atoms with E-state index in [1.54, 1.807) is 13.0 Å². The molecule has 0 aliphatic carbocycles. The van der Waals surface area contributed by atoms with Gasteiger partial charge in [-0.2, -0.15) is 0 Å². The van der Waals surface area contributed by atoms with Crippen molar-refractivity contribution in [2.24, 2.45) is 0 Å². The van der Waals surface area contributed by atoms with Crippen LogP contribution in [-0.4, -0.2) is 36.0 Å². The Morgan fingerprint density at radius 3 is 2.35 bits per heavy atom. The second kappa shape index (κ2) is 6.79. The molecule has 5 heteroatoms. The maximum Gasteiger partial charge on any atom is 0.272 e. The van der Waals surface area contributed by atoms with Gasteiger partial charge in [-0.05, 0) is 24.6 Å². The Morgan fingerprint density at radius 2 is 1.74 bits per heavy atom. The monoisotopic (exact) mass is 311 g/mol. The van der Waals surface area contributed by atoms with E-state index in [9.17, 15) is 10.1 Å². The Hall–Kier alpha value is -2.40. The largest absolute Gasteiger partial charge is 0.369 e. The van der Waals surface area contributed by atoms with Crippen molar-refractivity contribution in [3.63, 3.8) is 0 Å². The highest BCUT2D eigenvalue weighted by molar-refractivity contribution is 5.55. The highest BCUT2D eigenvalue weighted by Crippen LogP contribution is 2.25. The van der Waals surface area contributed by atoms with Gasteiger partial charge in [-0.25, -0.2) is 0 Å². The lowest BCUT2D eigenvalue weighted by molar-refractivity contribution is -0.385. The molecule has 0 unspecified atom stereocenters. The van der Waals surface area contributed by atoms with Crippen molar-refractivity contribution in [2.75, 3.05) is 31.1 Å². The highest BCUT2D eigenvalue weighted by Gasteiger charge is 2.19. The SMILES string of the molecule is Cc1cc(N2CCN(Cc3ccccc3)CC2)ccc1[N+](=O)[O-]. The number of hydrogen-bond acceptors (Lipinski definition) is 4. The van der Waals surface area contributed by atoms with Crippen molar-refractivity contribution in [1.29, 1.82) is 0 Å². The summed E-state index contributed by atoms with van der Waals surface area (Å²) < 4.78 is 0. The molecule has 1 heterocycles. The number of rotatable bonds is 4. The molecule has 0 bridgehead atoms. The molecule has 1 aliphatic heterocycles. The van der Waals surface area contributed by atoms with Crippen LogP contribution in [0.5, 0.6) is 0 Å². The normalized spacial score (nSPS) is 15.6. The molecule has 1 fully saturated rings. The van der Waals surface area contributed by atoms with E-state index in [1.165, 1.54) is 5.56 Å². The maximum atomic E-state index is 10.9. The van der Waals surface area contributed by atoms with Crippen molar-refractivity contribution >= 4 is 11.4 Å². The van der Waals surface area contributed by atoms with Crippen LogP contribution in [0.3, 0.4) is 0 Å². The molecule has 0 radical (unpaired) electrons. The number of nitro benzene ring substituents is 1. The molecule has 2 aromatic rings. The molecule has 0 N–H and O–H groups in total. The van der Waals surface area contributed by atoms with Gasteiger partial charge in [-0.15, -0.1) is 0 Å².